The molecule has 6 rings (SSSR count). The summed E-state index contributed by atoms with van der Waals surface area (Å²) in [6.07, 6.45) is 14.1. The first kappa shape index (κ1) is 23.4. The molecule has 0 aliphatic heterocycles. The number of hydrogen-bond donors (Lipinski definition) is 1. The van der Waals surface area contributed by atoms with Crippen molar-refractivity contribution in [2.45, 2.75) is 50.4 Å². The Labute approximate surface area is 215 Å². The van der Waals surface area contributed by atoms with Gasteiger partial charge in [-0.2, -0.15) is 5.10 Å². The number of carboxylic acids is 1. The van der Waals surface area contributed by atoms with Crippen LogP contribution in [0.1, 0.15) is 72.1 Å². The first-order valence-corrected chi connectivity index (χ1v) is 12.9. The molecule has 0 unspecified atom stereocenters. The molecule has 9 heteroatoms. The largest absolute Gasteiger partial charge is 0.492 e. The van der Waals surface area contributed by atoms with Gasteiger partial charge in [0.05, 0.1) is 36.1 Å². The lowest BCUT2D eigenvalue weighted by molar-refractivity contribution is 0.0695. The maximum atomic E-state index is 12.0. The summed E-state index contributed by atoms with van der Waals surface area (Å²) in [5.74, 6) is 0.565. The summed E-state index contributed by atoms with van der Waals surface area (Å²) < 4.78 is 9.53. The molecule has 190 valence electrons. The topological polar surface area (TPSA) is 108 Å². The minimum atomic E-state index is -0.978. The minimum absolute atomic E-state index is 0.0205. The van der Waals surface area contributed by atoms with Gasteiger partial charge >= 0.3 is 5.97 Å². The molecule has 0 bridgehead atoms. The van der Waals surface area contributed by atoms with Gasteiger partial charge in [0.1, 0.15) is 11.3 Å². The minimum Gasteiger partial charge on any atom is -0.492 e. The van der Waals surface area contributed by atoms with Crippen molar-refractivity contribution in [3.8, 4) is 22.6 Å². The van der Waals surface area contributed by atoms with Crippen LogP contribution in [0.2, 0.25) is 0 Å². The standard InChI is InChI=1S/C28H30N6O3/c1-33-16-26(31-32-33)23-12-24(23)27-25(28(35)36)15-30-34(27)21-9-5-8-19(10-21)20-11-22(14-29-13-20)37-17-18-6-3-2-4-7-18/h5,8-11,13-16,18,23-24H,2-4,6-7,12,17H2,1H3,(H,35,36)/t23-,24-/m1/s1. The van der Waals surface area contributed by atoms with E-state index < -0.39 is 5.97 Å². The van der Waals surface area contributed by atoms with Gasteiger partial charge in [0.15, 0.2) is 0 Å². The fourth-order valence-corrected chi connectivity index (χ4v) is 5.49. The third kappa shape index (κ3) is 4.85. The summed E-state index contributed by atoms with van der Waals surface area (Å²) in [6.45, 7) is 0.730. The summed E-state index contributed by atoms with van der Waals surface area (Å²) in [5.41, 5.74) is 4.51. The van der Waals surface area contributed by atoms with Crippen LogP contribution in [-0.4, -0.2) is 47.4 Å². The third-order valence-corrected chi connectivity index (χ3v) is 7.53. The lowest BCUT2D eigenvalue weighted by Gasteiger charge is -2.21. The second-order valence-electron chi connectivity index (χ2n) is 10.2. The Morgan fingerprint density at radius 2 is 1.95 bits per heavy atom. The van der Waals surface area contributed by atoms with Gasteiger partial charge < -0.3 is 9.84 Å². The molecule has 3 aromatic heterocycles. The normalized spacial score (nSPS) is 19.6. The Morgan fingerprint density at radius 3 is 2.73 bits per heavy atom. The molecule has 2 atom stereocenters. The van der Waals surface area contributed by atoms with Crippen LogP contribution in [0.5, 0.6) is 5.75 Å². The number of aromatic nitrogens is 6. The Kier molecular flexibility index (Phi) is 6.20. The van der Waals surface area contributed by atoms with Gasteiger partial charge in [-0.15, -0.1) is 5.10 Å². The number of pyridine rings is 1. The van der Waals surface area contributed by atoms with Crippen molar-refractivity contribution in [1.29, 1.82) is 0 Å². The maximum Gasteiger partial charge on any atom is 0.339 e. The number of rotatable bonds is 8. The van der Waals surface area contributed by atoms with Gasteiger partial charge in [-0.05, 0) is 48.9 Å². The van der Waals surface area contributed by atoms with Gasteiger partial charge in [-0.25, -0.2) is 9.48 Å². The van der Waals surface area contributed by atoms with Gasteiger partial charge in [-0.3, -0.25) is 9.67 Å². The van der Waals surface area contributed by atoms with Crippen LogP contribution in [-0.2, 0) is 7.05 Å². The summed E-state index contributed by atoms with van der Waals surface area (Å²) in [5, 5.41) is 22.6. The average Bonchev–Trinajstić information content (AvgIpc) is 3.37. The zero-order valence-electron chi connectivity index (χ0n) is 20.8. The maximum absolute atomic E-state index is 12.0. The van der Waals surface area contributed by atoms with Crippen LogP contribution >= 0.6 is 0 Å². The van der Waals surface area contributed by atoms with Crippen molar-refractivity contribution in [3.05, 3.63) is 72.1 Å². The number of hydrogen-bond acceptors (Lipinski definition) is 6. The molecular weight excluding hydrogens is 468 g/mol. The van der Waals surface area contributed by atoms with Gasteiger partial charge in [0, 0.05) is 36.8 Å². The number of aromatic carboxylic acids is 1. The molecule has 4 aromatic rings. The van der Waals surface area contributed by atoms with Crippen molar-refractivity contribution in [2.24, 2.45) is 13.0 Å². The van der Waals surface area contributed by atoms with Crippen LogP contribution in [0.25, 0.3) is 16.8 Å². The van der Waals surface area contributed by atoms with Crippen LogP contribution in [0, 0.1) is 5.92 Å². The van der Waals surface area contributed by atoms with Crippen LogP contribution in [0.4, 0.5) is 0 Å². The van der Waals surface area contributed by atoms with Crippen molar-refractivity contribution < 1.29 is 14.6 Å². The zero-order chi connectivity index (χ0) is 25.4. The average molecular weight is 499 g/mol. The van der Waals surface area contributed by atoms with E-state index in [1.54, 1.807) is 15.6 Å². The lowest BCUT2D eigenvalue weighted by atomic mass is 9.90. The molecule has 0 saturated heterocycles. The first-order chi connectivity index (χ1) is 18.1. The van der Waals surface area contributed by atoms with E-state index in [0.717, 1.165) is 41.3 Å². The fourth-order valence-electron chi connectivity index (χ4n) is 5.49. The monoisotopic (exact) mass is 498 g/mol. The van der Waals surface area contributed by atoms with Gasteiger partial charge in [-0.1, -0.05) is 36.6 Å². The molecule has 0 amide bonds. The smallest absolute Gasteiger partial charge is 0.339 e. The van der Waals surface area contributed by atoms with E-state index >= 15 is 0 Å². The third-order valence-electron chi connectivity index (χ3n) is 7.53. The highest BCUT2D eigenvalue weighted by Crippen LogP contribution is 2.55. The molecule has 0 radical (unpaired) electrons. The van der Waals surface area contributed by atoms with Crippen molar-refractivity contribution in [1.82, 2.24) is 29.8 Å². The number of carboxylic acid groups (broad SMARTS) is 1. The van der Waals surface area contributed by atoms with E-state index in [9.17, 15) is 9.90 Å². The molecule has 3 heterocycles. The number of ether oxygens (including phenoxy) is 1. The number of aryl methyl sites for hydroxylation is 1. The molecule has 0 spiro atoms. The van der Waals surface area contributed by atoms with Crippen LogP contribution in [0.15, 0.2) is 55.1 Å². The molecule has 1 N–H and O–H groups in total. The first-order valence-electron chi connectivity index (χ1n) is 12.9. The lowest BCUT2D eigenvalue weighted by Crippen LogP contribution is -2.15. The van der Waals surface area contributed by atoms with Gasteiger partial charge in [0.25, 0.3) is 0 Å². The van der Waals surface area contributed by atoms with Crippen LogP contribution < -0.4 is 4.74 Å². The molecule has 2 fully saturated rings. The van der Waals surface area contributed by atoms with Crippen molar-refractivity contribution in [2.75, 3.05) is 6.61 Å². The molecule has 9 nitrogen and oxygen atoms in total. The highest BCUT2D eigenvalue weighted by Gasteiger charge is 2.46. The van der Waals surface area contributed by atoms with E-state index in [2.05, 4.69) is 20.4 Å². The summed E-state index contributed by atoms with van der Waals surface area (Å²) in [7, 11) is 1.83. The predicted molar refractivity (Wildman–Crippen MR) is 137 cm³/mol. The van der Waals surface area contributed by atoms with Crippen molar-refractivity contribution in [3.63, 3.8) is 0 Å². The van der Waals surface area contributed by atoms with Gasteiger partial charge in [0.2, 0.25) is 0 Å². The molecular formula is C28H30N6O3. The zero-order valence-corrected chi connectivity index (χ0v) is 20.8. The number of benzene rings is 1. The van der Waals surface area contributed by atoms with Crippen molar-refractivity contribution >= 4 is 5.97 Å². The van der Waals surface area contributed by atoms with E-state index in [4.69, 9.17) is 4.74 Å². The second kappa shape index (κ2) is 9.80. The summed E-state index contributed by atoms with van der Waals surface area (Å²) in [4.78, 5) is 16.5. The Hall–Kier alpha value is -4.01. The van der Waals surface area contributed by atoms with E-state index in [0.29, 0.717) is 11.6 Å². The number of nitrogens with zero attached hydrogens (tertiary/aromatic N) is 6. The highest BCUT2D eigenvalue weighted by atomic mass is 16.5. The summed E-state index contributed by atoms with van der Waals surface area (Å²) >= 11 is 0. The predicted octanol–water partition coefficient (Wildman–Crippen LogP) is 4.99. The quantitative estimate of drug-likeness (QED) is 0.364. The highest BCUT2D eigenvalue weighted by molar-refractivity contribution is 5.89. The molecule has 2 aliphatic carbocycles. The molecule has 37 heavy (non-hydrogen) atoms. The molecule has 2 saturated carbocycles. The summed E-state index contributed by atoms with van der Waals surface area (Å²) in [6, 6.07) is 9.96. The van der Waals surface area contributed by atoms with Crippen LogP contribution in [0.3, 0.4) is 0 Å². The Morgan fingerprint density at radius 1 is 1.08 bits per heavy atom. The Balaban J connectivity index is 1.27. The Bertz CT molecular complexity index is 1420. The van der Waals surface area contributed by atoms with E-state index in [-0.39, 0.29) is 17.4 Å². The van der Waals surface area contributed by atoms with E-state index in [1.165, 1.54) is 38.3 Å². The second-order valence-corrected chi connectivity index (χ2v) is 10.2. The SMILES string of the molecule is Cn1cc([C@@H]2C[C@H]2c2c(C(=O)O)cnn2-c2cccc(-c3cncc(OCC4CCCCC4)c3)c2)nn1. The number of carbonyl (C=O) groups is 1. The molecule has 1 aromatic carbocycles. The fraction of sp³-hybridized carbons (Fsp3) is 0.393. The molecule has 2 aliphatic rings. The van der Waals surface area contributed by atoms with E-state index in [1.807, 2.05) is 49.8 Å².